The molecule has 226 valence electrons. The third kappa shape index (κ3) is 7.88. The van der Waals surface area contributed by atoms with Crippen molar-refractivity contribution in [3.63, 3.8) is 0 Å². The van der Waals surface area contributed by atoms with E-state index in [2.05, 4.69) is 170 Å². The summed E-state index contributed by atoms with van der Waals surface area (Å²) < 4.78 is 6.83. The van der Waals surface area contributed by atoms with Gasteiger partial charge in [-0.1, -0.05) is 165 Å². The van der Waals surface area contributed by atoms with Gasteiger partial charge in [-0.3, -0.25) is 0 Å². The summed E-state index contributed by atoms with van der Waals surface area (Å²) in [6, 6.07) is 44.4. The maximum atomic E-state index is 6.83. The van der Waals surface area contributed by atoms with Crippen molar-refractivity contribution < 1.29 is 4.74 Å². The van der Waals surface area contributed by atoms with Crippen molar-refractivity contribution in [2.24, 2.45) is 0 Å². The third-order valence-electron chi connectivity index (χ3n) is 8.07. The van der Waals surface area contributed by atoms with Crippen LogP contribution in [0.4, 0.5) is 0 Å². The van der Waals surface area contributed by atoms with Crippen molar-refractivity contribution >= 4 is 37.7 Å². The van der Waals surface area contributed by atoms with Crippen LogP contribution >= 0.6 is 16.5 Å². The molecule has 0 saturated carbocycles. The molecule has 0 bridgehead atoms. The van der Waals surface area contributed by atoms with Gasteiger partial charge in [-0.05, 0) is 69.9 Å². The lowest BCUT2D eigenvalue weighted by Crippen LogP contribution is -2.24. The summed E-state index contributed by atoms with van der Waals surface area (Å²) in [6.07, 6.45) is 1.01. The molecule has 0 saturated heterocycles. The van der Waals surface area contributed by atoms with Crippen LogP contribution in [0.1, 0.15) is 69.4 Å². The fourth-order valence-corrected chi connectivity index (χ4v) is 9.40. The van der Waals surface area contributed by atoms with Gasteiger partial charge in [0.1, 0.15) is 12.4 Å². The van der Waals surface area contributed by atoms with Gasteiger partial charge in [-0.25, -0.2) is 0 Å². The highest BCUT2D eigenvalue weighted by Crippen LogP contribution is 2.41. The van der Waals surface area contributed by atoms with Gasteiger partial charge in [0.15, 0.2) is 0 Å². The molecule has 5 rings (SSSR count). The lowest BCUT2D eigenvalue weighted by molar-refractivity contribution is 0.300. The van der Waals surface area contributed by atoms with E-state index in [0.29, 0.717) is 15.2 Å². The molecule has 5 aromatic carbocycles. The second-order valence-electron chi connectivity index (χ2n) is 13.7. The van der Waals surface area contributed by atoms with Gasteiger partial charge in [-0.15, -0.1) is 0 Å². The molecule has 0 fully saturated rings. The maximum Gasteiger partial charge on any atom is 0.131 e. The summed E-state index contributed by atoms with van der Waals surface area (Å²) in [4.78, 5) is 0. The zero-order valence-electron chi connectivity index (χ0n) is 27.3. The van der Waals surface area contributed by atoms with Crippen LogP contribution in [-0.2, 0) is 23.6 Å². The number of hydrogen-bond acceptors (Lipinski definition) is 1. The average Bonchev–Trinajstić information content (AvgIpc) is 3.00. The molecular formula is C41H46OP2. The molecule has 1 unspecified atom stereocenters. The van der Waals surface area contributed by atoms with E-state index < -0.39 is 7.92 Å². The van der Waals surface area contributed by atoms with Crippen LogP contribution in [-0.4, -0.2) is 0 Å². The highest BCUT2D eigenvalue weighted by Gasteiger charge is 2.27. The summed E-state index contributed by atoms with van der Waals surface area (Å²) in [5.74, 6) is 1.05. The molecule has 5 aromatic rings. The molecule has 0 spiro atoms. The normalized spacial score (nSPS) is 12.3. The maximum absolute atomic E-state index is 6.83. The topological polar surface area (TPSA) is 9.23 Å². The van der Waals surface area contributed by atoms with Crippen LogP contribution in [0.15, 0.2) is 121 Å². The highest BCUT2D eigenvalue weighted by molar-refractivity contribution is 7.72. The van der Waals surface area contributed by atoms with Gasteiger partial charge >= 0.3 is 0 Å². The second-order valence-corrected chi connectivity index (χ2v) is 17.2. The van der Waals surface area contributed by atoms with Gasteiger partial charge in [0.05, 0.1) is 0 Å². The Labute approximate surface area is 268 Å². The molecule has 0 aromatic heterocycles. The largest absolute Gasteiger partial charge is 0.488 e. The first-order chi connectivity index (χ1) is 21.0. The summed E-state index contributed by atoms with van der Waals surface area (Å²) >= 11 is 0. The van der Waals surface area contributed by atoms with E-state index in [1.165, 1.54) is 49.0 Å². The standard InChI is InChI=1S/C41H46OP2/c1-30-18-17-21-32(29-44(34-22-13-9-14-23-34)35-24-15-10-16-25-35)39(30)43-37-27-33(40(2,3)4)26-36(41(5,6)7)38(37)42-28-31-19-11-8-12-20-31/h8-27,43H,28-29H2,1-7H3. The van der Waals surface area contributed by atoms with Crippen LogP contribution in [0.25, 0.3) is 0 Å². The summed E-state index contributed by atoms with van der Waals surface area (Å²) in [7, 11) is -0.0594. The van der Waals surface area contributed by atoms with E-state index >= 15 is 0 Å². The zero-order chi connectivity index (χ0) is 31.3. The fraction of sp³-hybridized carbons (Fsp3) is 0.268. The first kappa shape index (κ1) is 32.2. The fourth-order valence-electron chi connectivity index (χ4n) is 5.49. The Kier molecular flexibility index (Phi) is 10.1. The van der Waals surface area contributed by atoms with Crippen molar-refractivity contribution in [2.45, 2.75) is 72.1 Å². The smallest absolute Gasteiger partial charge is 0.131 e. The van der Waals surface area contributed by atoms with E-state index in [9.17, 15) is 0 Å². The van der Waals surface area contributed by atoms with Crippen LogP contribution in [0, 0.1) is 6.92 Å². The van der Waals surface area contributed by atoms with Crippen LogP contribution in [0.2, 0.25) is 0 Å². The van der Waals surface area contributed by atoms with Gasteiger partial charge in [0.25, 0.3) is 0 Å². The van der Waals surface area contributed by atoms with Crippen molar-refractivity contribution in [1.29, 1.82) is 0 Å². The molecule has 0 aliphatic heterocycles. The Morgan fingerprint density at radius 3 is 1.75 bits per heavy atom. The predicted molar refractivity (Wildman–Crippen MR) is 196 cm³/mol. The molecule has 1 nitrogen and oxygen atoms in total. The summed E-state index contributed by atoms with van der Waals surface area (Å²) in [5, 5.41) is 5.59. The minimum absolute atomic E-state index is 0.0285. The minimum Gasteiger partial charge on any atom is -0.488 e. The Morgan fingerprint density at radius 1 is 0.636 bits per heavy atom. The second kappa shape index (κ2) is 13.8. The molecule has 0 heterocycles. The molecule has 3 heteroatoms. The lowest BCUT2D eigenvalue weighted by atomic mass is 9.80. The Balaban J connectivity index is 1.62. The van der Waals surface area contributed by atoms with E-state index in [1.54, 1.807) is 0 Å². The van der Waals surface area contributed by atoms with Crippen LogP contribution in [0.3, 0.4) is 0 Å². The molecule has 1 atom stereocenters. The Hall–Kier alpha value is -3.24. The quantitative estimate of drug-likeness (QED) is 0.150. The molecule has 0 radical (unpaired) electrons. The van der Waals surface area contributed by atoms with Crippen LogP contribution in [0.5, 0.6) is 5.75 Å². The van der Waals surface area contributed by atoms with Gasteiger partial charge in [0.2, 0.25) is 0 Å². The van der Waals surface area contributed by atoms with Crippen molar-refractivity contribution in [3.05, 3.63) is 149 Å². The van der Waals surface area contributed by atoms with Crippen molar-refractivity contribution in [2.75, 3.05) is 0 Å². The van der Waals surface area contributed by atoms with Gasteiger partial charge in [0, 0.05) is 17.0 Å². The van der Waals surface area contributed by atoms with E-state index in [0.717, 1.165) is 11.9 Å². The zero-order valence-corrected chi connectivity index (χ0v) is 29.2. The number of rotatable bonds is 9. The monoisotopic (exact) mass is 616 g/mol. The van der Waals surface area contributed by atoms with E-state index in [-0.39, 0.29) is 10.8 Å². The van der Waals surface area contributed by atoms with Gasteiger partial charge in [-0.2, -0.15) is 0 Å². The molecular weight excluding hydrogens is 570 g/mol. The minimum atomic E-state index is -0.551. The van der Waals surface area contributed by atoms with Crippen LogP contribution < -0.4 is 26.0 Å². The average molecular weight is 617 g/mol. The third-order valence-corrected chi connectivity index (χ3v) is 12.2. The summed E-state index contributed by atoms with van der Waals surface area (Å²) in [6.45, 7) is 16.7. The predicted octanol–water partition coefficient (Wildman–Crippen LogP) is 9.43. The first-order valence-electron chi connectivity index (χ1n) is 15.6. The van der Waals surface area contributed by atoms with Crippen molar-refractivity contribution in [1.82, 2.24) is 0 Å². The Bertz CT molecular complexity index is 1620. The highest BCUT2D eigenvalue weighted by atomic mass is 31.1. The SMILES string of the molecule is Cc1cccc(CP(c2ccccc2)c2ccccc2)c1Pc1cc(C(C)(C)C)cc(C(C)(C)C)c1OCc1ccccc1. The number of benzene rings is 5. The lowest BCUT2D eigenvalue weighted by Gasteiger charge is -2.30. The number of hydrogen-bond donors (Lipinski definition) is 0. The molecule has 0 amide bonds. The van der Waals surface area contributed by atoms with E-state index in [1.807, 2.05) is 0 Å². The van der Waals surface area contributed by atoms with Gasteiger partial charge < -0.3 is 4.74 Å². The molecule has 0 aliphatic rings. The number of ether oxygens (including phenoxy) is 1. The van der Waals surface area contributed by atoms with Crippen molar-refractivity contribution in [3.8, 4) is 5.75 Å². The molecule has 44 heavy (non-hydrogen) atoms. The molecule has 0 N–H and O–H groups in total. The number of aryl methyl sites for hydroxylation is 1. The Morgan fingerprint density at radius 2 is 1.20 bits per heavy atom. The van der Waals surface area contributed by atoms with E-state index in [4.69, 9.17) is 4.74 Å². The molecule has 0 aliphatic carbocycles. The first-order valence-corrected chi connectivity index (χ1v) is 18.1. The summed E-state index contributed by atoms with van der Waals surface area (Å²) in [5.41, 5.74) is 6.60.